The first-order chi connectivity index (χ1) is 14.0. The number of hydrogen-bond acceptors (Lipinski definition) is 5. The highest BCUT2D eigenvalue weighted by atomic mass is 16.5. The summed E-state index contributed by atoms with van der Waals surface area (Å²) in [5.74, 6) is 1.42. The van der Waals surface area contributed by atoms with E-state index in [1.165, 1.54) is 11.8 Å². The molecule has 0 spiro atoms. The smallest absolute Gasteiger partial charge is 0.275 e. The zero-order chi connectivity index (χ0) is 20.8. The maximum Gasteiger partial charge on any atom is 0.275 e. The standard InChI is InChI=1S/C23H26N4O2/c1-5-29-18-11-9-17(10-12-18)26-23(28)20-13-25-21(14-24-20)27-22-16(4)7-6-8-19(22)15(2)3/h6-15H,5H2,1-4H3,(H,25,27)(H,26,28). The fourth-order valence-electron chi connectivity index (χ4n) is 2.98. The highest BCUT2D eigenvalue weighted by molar-refractivity contribution is 6.02. The largest absolute Gasteiger partial charge is 0.494 e. The van der Waals surface area contributed by atoms with Crippen molar-refractivity contribution in [3.8, 4) is 5.75 Å². The van der Waals surface area contributed by atoms with Crippen LogP contribution in [0, 0.1) is 6.92 Å². The van der Waals surface area contributed by atoms with Crippen LogP contribution in [0.15, 0.2) is 54.9 Å². The number of carbonyl (C=O) groups is 1. The van der Waals surface area contributed by atoms with Crippen molar-refractivity contribution in [2.24, 2.45) is 0 Å². The molecular weight excluding hydrogens is 364 g/mol. The molecule has 0 saturated carbocycles. The molecule has 29 heavy (non-hydrogen) atoms. The number of rotatable bonds is 7. The van der Waals surface area contributed by atoms with Crippen LogP contribution in [0.25, 0.3) is 0 Å². The fourth-order valence-corrected chi connectivity index (χ4v) is 2.98. The van der Waals surface area contributed by atoms with E-state index in [9.17, 15) is 4.79 Å². The molecule has 1 amide bonds. The van der Waals surface area contributed by atoms with Crippen molar-refractivity contribution in [1.82, 2.24) is 9.97 Å². The van der Waals surface area contributed by atoms with Crippen LogP contribution in [0.4, 0.5) is 17.2 Å². The second-order valence-corrected chi connectivity index (χ2v) is 7.02. The predicted molar refractivity (Wildman–Crippen MR) is 116 cm³/mol. The molecule has 1 aromatic heterocycles. The molecule has 6 nitrogen and oxygen atoms in total. The Morgan fingerprint density at radius 1 is 1.07 bits per heavy atom. The topological polar surface area (TPSA) is 76.1 Å². The predicted octanol–water partition coefficient (Wildman–Crippen LogP) is 5.30. The summed E-state index contributed by atoms with van der Waals surface area (Å²) >= 11 is 0. The zero-order valence-corrected chi connectivity index (χ0v) is 17.2. The third-order valence-electron chi connectivity index (χ3n) is 4.49. The molecule has 0 unspecified atom stereocenters. The molecule has 3 rings (SSSR count). The van der Waals surface area contributed by atoms with Gasteiger partial charge in [0.15, 0.2) is 0 Å². The lowest BCUT2D eigenvalue weighted by Gasteiger charge is -2.16. The summed E-state index contributed by atoms with van der Waals surface area (Å²) in [4.78, 5) is 21.0. The molecule has 0 bridgehead atoms. The molecule has 2 N–H and O–H groups in total. The normalized spacial score (nSPS) is 10.7. The number of ether oxygens (including phenoxy) is 1. The van der Waals surface area contributed by atoms with Crippen molar-refractivity contribution in [2.75, 3.05) is 17.2 Å². The van der Waals surface area contributed by atoms with Crippen LogP contribution >= 0.6 is 0 Å². The summed E-state index contributed by atoms with van der Waals surface area (Å²) in [5.41, 5.74) is 4.30. The lowest BCUT2D eigenvalue weighted by molar-refractivity contribution is 0.102. The van der Waals surface area contributed by atoms with Crippen LogP contribution in [-0.4, -0.2) is 22.5 Å². The van der Waals surface area contributed by atoms with Crippen molar-refractivity contribution < 1.29 is 9.53 Å². The van der Waals surface area contributed by atoms with E-state index in [0.717, 1.165) is 17.0 Å². The van der Waals surface area contributed by atoms with Crippen LogP contribution < -0.4 is 15.4 Å². The molecule has 0 fully saturated rings. The van der Waals surface area contributed by atoms with Gasteiger partial charge >= 0.3 is 0 Å². The van der Waals surface area contributed by atoms with Gasteiger partial charge in [-0.2, -0.15) is 0 Å². The van der Waals surface area contributed by atoms with Crippen molar-refractivity contribution in [2.45, 2.75) is 33.6 Å². The summed E-state index contributed by atoms with van der Waals surface area (Å²) in [6, 6.07) is 13.4. The van der Waals surface area contributed by atoms with E-state index in [-0.39, 0.29) is 11.6 Å². The fraction of sp³-hybridized carbons (Fsp3) is 0.261. The van der Waals surface area contributed by atoms with E-state index in [2.05, 4.69) is 59.6 Å². The molecule has 1 heterocycles. The monoisotopic (exact) mass is 390 g/mol. The number of aromatic nitrogens is 2. The Morgan fingerprint density at radius 2 is 1.83 bits per heavy atom. The third-order valence-corrected chi connectivity index (χ3v) is 4.49. The van der Waals surface area contributed by atoms with E-state index >= 15 is 0 Å². The number of aryl methyl sites for hydroxylation is 1. The molecule has 0 saturated heterocycles. The first kappa shape index (κ1) is 20.3. The van der Waals surface area contributed by atoms with Crippen LogP contribution in [0.5, 0.6) is 5.75 Å². The molecule has 2 aromatic carbocycles. The number of hydrogen-bond donors (Lipinski definition) is 2. The SMILES string of the molecule is CCOc1ccc(NC(=O)c2cnc(Nc3c(C)cccc3C(C)C)cn2)cc1. The van der Waals surface area contributed by atoms with Gasteiger partial charge in [-0.1, -0.05) is 32.0 Å². The lowest BCUT2D eigenvalue weighted by atomic mass is 9.98. The maximum absolute atomic E-state index is 12.4. The van der Waals surface area contributed by atoms with Gasteiger partial charge in [0.2, 0.25) is 0 Å². The third kappa shape index (κ3) is 5.10. The van der Waals surface area contributed by atoms with Crippen molar-refractivity contribution in [3.05, 3.63) is 71.7 Å². The average molecular weight is 390 g/mol. The summed E-state index contributed by atoms with van der Waals surface area (Å²) in [5, 5.41) is 6.15. The van der Waals surface area contributed by atoms with E-state index in [0.29, 0.717) is 24.0 Å². The van der Waals surface area contributed by atoms with Gasteiger partial charge in [0.1, 0.15) is 17.3 Å². The summed E-state index contributed by atoms with van der Waals surface area (Å²) in [6.07, 6.45) is 3.04. The minimum absolute atomic E-state index is 0.248. The highest BCUT2D eigenvalue weighted by Gasteiger charge is 2.12. The summed E-state index contributed by atoms with van der Waals surface area (Å²) in [7, 11) is 0. The number of carbonyl (C=O) groups excluding carboxylic acids is 1. The van der Waals surface area contributed by atoms with Crippen molar-refractivity contribution in [3.63, 3.8) is 0 Å². The minimum atomic E-state index is -0.313. The molecule has 0 aliphatic carbocycles. The first-order valence-corrected chi connectivity index (χ1v) is 9.70. The molecular formula is C23H26N4O2. The first-order valence-electron chi connectivity index (χ1n) is 9.70. The Kier molecular flexibility index (Phi) is 6.44. The van der Waals surface area contributed by atoms with E-state index < -0.39 is 0 Å². The number of nitrogens with one attached hydrogen (secondary N) is 2. The van der Waals surface area contributed by atoms with Crippen LogP contribution in [0.3, 0.4) is 0 Å². The van der Waals surface area contributed by atoms with Crippen molar-refractivity contribution in [1.29, 1.82) is 0 Å². The Bertz CT molecular complexity index is 967. The number of benzene rings is 2. The Labute approximate surface area is 171 Å². The molecule has 150 valence electrons. The van der Waals surface area contributed by atoms with Gasteiger partial charge in [0, 0.05) is 11.4 Å². The van der Waals surface area contributed by atoms with E-state index in [4.69, 9.17) is 4.74 Å². The second kappa shape index (κ2) is 9.19. The molecule has 0 aliphatic rings. The maximum atomic E-state index is 12.4. The molecule has 0 radical (unpaired) electrons. The second-order valence-electron chi connectivity index (χ2n) is 7.02. The molecule has 0 atom stereocenters. The van der Waals surface area contributed by atoms with Gasteiger partial charge in [0.25, 0.3) is 5.91 Å². The molecule has 3 aromatic rings. The van der Waals surface area contributed by atoms with Crippen LogP contribution in [-0.2, 0) is 0 Å². The lowest BCUT2D eigenvalue weighted by Crippen LogP contribution is -2.14. The van der Waals surface area contributed by atoms with Gasteiger partial charge in [-0.05, 0) is 55.2 Å². The number of para-hydroxylation sites is 1. The highest BCUT2D eigenvalue weighted by Crippen LogP contribution is 2.29. The number of nitrogens with zero attached hydrogens (tertiary/aromatic N) is 2. The van der Waals surface area contributed by atoms with Gasteiger partial charge in [-0.15, -0.1) is 0 Å². The number of amides is 1. The molecule has 0 aliphatic heterocycles. The van der Waals surface area contributed by atoms with E-state index in [1.54, 1.807) is 18.3 Å². The quantitative estimate of drug-likeness (QED) is 0.572. The van der Waals surface area contributed by atoms with Crippen LogP contribution in [0.2, 0.25) is 0 Å². The summed E-state index contributed by atoms with van der Waals surface area (Å²) < 4.78 is 5.40. The zero-order valence-electron chi connectivity index (χ0n) is 17.2. The number of anilines is 3. The Balaban J connectivity index is 1.69. The van der Waals surface area contributed by atoms with Crippen molar-refractivity contribution >= 4 is 23.1 Å². The Hall–Kier alpha value is -3.41. The van der Waals surface area contributed by atoms with Gasteiger partial charge in [-0.3, -0.25) is 4.79 Å². The average Bonchev–Trinajstić information content (AvgIpc) is 2.71. The van der Waals surface area contributed by atoms with E-state index in [1.807, 2.05) is 19.1 Å². The minimum Gasteiger partial charge on any atom is -0.494 e. The summed E-state index contributed by atoms with van der Waals surface area (Å²) in [6.45, 7) is 8.89. The Morgan fingerprint density at radius 3 is 2.45 bits per heavy atom. The van der Waals surface area contributed by atoms with Gasteiger partial charge < -0.3 is 15.4 Å². The van der Waals surface area contributed by atoms with Gasteiger partial charge in [0.05, 0.1) is 19.0 Å². The van der Waals surface area contributed by atoms with Crippen LogP contribution in [0.1, 0.15) is 48.3 Å². The molecule has 6 heteroatoms. The van der Waals surface area contributed by atoms with Gasteiger partial charge in [-0.25, -0.2) is 9.97 Å².